The number of amides is 3. The zero-order valence-electron chi connectivity index (χ0n) is 14.5. The number of hydrogen-bond donors (Lipinski definition) is 2. The van der Waals surface area contributed by atoms with Crippen molar-refractivity contribution in [2.24, 2.45) is 0 Å². The fourth-order valence-electron chi connectivity index (χ4n) is 2.91. The highest BCUT2D eigenvalue weighted by atomic mass is 35.5. The monoisotopic (exact) mass is 408 g/mol. The molecule has 8 heteroatoms. The molecule has 0 bridgehead atoms. The molecule has 0 unspecified atom stereocenters. The maximum absolute atomic E-state index is 12.9. The number of nitrogens with zero attached hydrogens (tertiary/aromatic N) is 1. The number of nitrogens with one attached hydrogen (secondary N) is 1. The van der Waals surface area contributed by atoms with Crippen LogP contribution in [0, 0.1) is 0 Å². The fourth-order valence-corrected chi connectivity index (χ4v) is 3.51. The minimum atomic E-state index is -1.33. The van der Waals surface area contributed by atoms with Crippen molar-refractivity contribution < 1.29 is 19.4 Å². The molecule has 1 fully saturated rings. The van der Waals surface area contributed by atoms with Gasteiger partial charge in [0.05, 0.1) is 6.54 Å². The predicted molar refractivity (Wildman–Crippen MR) is 102 cm³/mol. The van der Waals surface area contributed by atoms with Gasteiger partial charge in [0.15, 0.2) is 0 Å². The van der Waals surface area contributed by atoms with Crippen molar-refractivity contribution in [3.05, 3.63) is 64.1 Å². The first-order valence-corrected chi connectivity index (χ1v) is 9.02. The Hall–Kier alpha value is -2.28. The highest BCUT2D eigenvalue weighted by Gasteiger charge is 2.50. The van der Waals surface area contributed by atoms with Gasteiger partial charge in [-0.1, -0.05) is 47.5 Å². The molecule has 0 aromatic heterocycles. The van der Waals surface area contributed by atoms with Crippen molar-refractivity contribution in [3.63, 3.8) is 0 Å². The number of aliphatic hydroxyl groups is 1. The summed E-state index contributed by atoms with van der Waals surface area (Å²) in [6.45, 7) is 1.31. The molecule has 0 saturated carbocycles. The fraction of sp³-hybridized carbons (Fsp3) is 0.263. The first kappa shape index (κ1) is 19.5. The summed E-state index contributed by atoms with van der Waals surface area (Å²) >= 11 is 12.1. The third kappa shape index (κ3) is 4.03. The van der Waals surface area contributed by atoms with Crippen molar-refractivity contribution in [1.29, 1.82) is 0 Å². The number of rotatable bonds is 6. The van der Waals surface area contributed by atoms with Crippen LogP contribution >= 0.6 is 23.2 Å². The molecule has 2 N–H and O–H groups in total. The Bertz CT molecular complexity index is 862. The number of urea groups is 1. The van der Waals surface area contributed by atoms with Crippen LogP contribution in [0.15, 0.2) is 48.5 Å². The van der Waals surface area contributed by atoms with Crippen LogP contribution in [0.3, 0.4) is 0 Å². The van der Waals surface area contributed by atoms with Crippen molar-refractivity contribution >= 4 is 35.1 Å². The van der Waals surface area contributed by atoms with Crippen LogP contribution in [0.4, 0.5) is 4.79 Å². The van der Waals surface area contributed by atoms with Crippen LogP contribution in [0.2, 0.25) is 10.0 Å². The highest BCUT2D eigenvalue weighted by molar-refractivity contribution is 6.35. The molecule has 2 aromatic carbocycles. The highest BCUT2D eigenvalue weighted by Crippen LogP contribution is 2.35. The number of aliphatic hydroxyl groups excluding tert-OH is 1. The lowest BCUT2D eigenvalue weighted by molar-refractivity contribution is -0.132. The van der Waals surface area contributed by atoms with Gasteiger partial charge in [0, 0.05) is 15.6 Å². The summed E-state index contributed by atoms with van der Waals surface area (Å²) < 4.78 is 5.46. The van der Waals surface area contributed by atoms with Gasteiger partial charge in [-0.25, -0.2) is 4.79 Å². The quantitative estimate of drug-likeness (QED) is 0.719. The first-order chi connectivity index (χ1) is 12.8. The summed E-state index contributed by atoms with van der Waals surface area (Å²) in [5, 5.41) is 13.5. The number of para-hydroxylation sites is 1. The summed E-state index contributed by atoms with van der Waals surface area (Å²) in [6.07, 6.45) is -1.04. The SMILES string of the molecule is C[C@@]1(c2ccc(Cl)cc2Cl)NC(=O)N(C[C@H](O)COc2ccccc2)C1=O. The molecule has 2 aromatic rings. The van der Waals surface area contributed by atoms with Crippen LogP contribution in [0.5, 0.6) is 5.75 Å². The van der Waals surface area contributed by atoms with E-state index >= 15 is 0 Å². The van der Waals surface area contributed by atoms with Crippen LogP contribution < -0.4 is 10.1 Å². The van der Waals surface area contributed by atoms with E-state index in [9.17, 15) is 14.7 Å². The van der Waals surface area contributed by atoms with Crippen LogP contribution in [-0.2, 0) is 10.3 Å². The van der Waals surface area contributed by atoms with E-state index < -0.39 is 23.6 Å². The van der Waals surface area contributed by atoms with E-state index in [-0.39, 0.29) is 18.2 Å². The number of ether oxygens (including phenoxy) is 1. The van der Waals surface area contributed by atoms with E-state index in [1.165, 1.54) is 6.07 Å². The van der Waals surface area contributed by atoms with Gasteiger partial charge in [-0.05, 0) is 31.2 Å². The van der Waals surface area contributed by atoms with Gasteiger partial charge in [0.1, 0.15) is 24.0 Å². The third-order valence-electron chi connectivity index (χ3n) is 4.32. The molecule has 3 amide bonds. The third-order valence-corrected chi connectivity index (χ3v) is 4.87. The molecular weight excluding hydrogens is 391 g/mol. The number of carbonyl (C=O) groups is 2. The smallest absolute Gasteiger partial charge is 0.325 e. The Morgan fingerprint density at radius 1 is 1.19 bits per heavy atom. The van der Waals surface area contributed by atoms with Crippen molar-refractivity contribution in [3.8, 4) is 5.75 Å². The van der Waals surface area contributed by atoms with E-state index in [1.54, 1.807) is 43.3 Å². The van der Waals surface area contributed by atoms with E-state index in [1.807, 2.05) is 6.07 Å². The van der Waals surface area contributed by atoms with Gasteiger partial charge in [-0.15, -0.1) is 0 Å². The topological polar surface area (TPSA) is 78.9 Å². The van der Waals surface area contributed by atoms with Gasteiger partial charge >= 0.3 is 6.03 Å². The molecular formula is C19H18Cl2N2O4. The average Bonchev–Trinajstić information content (AvgIpc) is 2.84. The molecule has 27 heavy (non-hydrogen) atoms. The van der Waals surface area contributed by atoms with Crippen molar-refractivity contribution in [2.45, 2.75) is 18.6 Å². The lowest BCUT2D eigenvalue weighted by atomic mass is 9.92. The van der Waals surface area contributed by atoms with Gasteiger partial charge in [0.2, 0.25) is 0 Å². The predicted octanol–water partition coefficient (Wildman–Crippen LogP) is 3.20. The van der Waals surface area contributed by atoms with E-state index in [2.05, 4.69) is 5.32 Å². The van der Waals surface area contributed by atoms with Gasteiger partial charge in [0.25, 0.3) is 5.91 Å². The Balaban J connectivity index is 1.70. The number of carbonyl (C=O) groups excluding carboxylic acids is 2. The number of benzene rings is 2. The second-order valence-corrected chi connectivity index (χ2v) is 7.22. The van der Waals surface area contributed by atoms with Gasteiger partial charge < -0.3 is 15.2 Å². The van der Waals surface area contributed by atoms with E-state index in [0.717, 1.165) is 4.90 Å². The maximum Gasteiger partial charge on any atom is 0.325 e. The zero-order chi connectivity index (χ0) is 19.6. The van der Waals surface area contributed by atoms with Crippen LogP contribution in [0.1, 0.15) is 12.5 Å². The second-order valence-electron chi connectivity index (χ2n) is 6.37. The first-order valence-electron chi connectivity index (χ1n) is 8.27. The van der Waals surface area contributed by atoms with Gasteiger partial charge in [-0.3, -0.25) is 9.69 Å². The molecule has 1 aliphatic heterocycles. The van der Waals surface area contributed by atoms with E-state index in [4.69, 9.17) is 27.9 Å². The Kier molecular flexibility index (Phi) is 5.60. The molecule has 0 radical (unpaired) electrons. The molecule has 0 aliphatic carbocycles. The minimum absolute atomic E-state index is 0.0561. The molecule has 1 saturated heterocycles. The summed E-state index contributed by atoms with van der Waals surface area (Å²) in [5.41, 5.74) is -0.900. The largest absolute Gasteiger partial charge is 0.491 e. The standard InChI is InChI=1S/C19H18Cl2N2O4/c1-19(15-8-7-12(20)9-16(15)21)17(25)23(18(26)22-19)10-13(24)11-27-14-5-3-2-4-6-14/h2-9,13,24H,10-11H2,1H3,(H,22,26)/t13-,19-/m0/s1. The summed E-state index contributed by atoms with van der Waals surface area (Å²) in [6, 6.07) is 13.1. The summed E-state index contributed by atoms with van der Waals surface area (Å²) in [7, 11) is 0. The molecule has 0 spiro atoms. The van der Waals surface area contributed by atoms with Crippen molar-refractivity contribution in [1.82, 2.24) is 10.2 Å². The maximum atomic E-state index is 12.9. The van der Waals surface area contributed by atoms with Crippen LogP contribution in [-0.4, -0.2) is 41.2 Å². The molecule has 142 valence electrons. The number of hydrogen-bond acceptors (Lipinski definition) is 4. The van der Waals surface area contributed by atoms with E-state index in [0.29, 0.717) is 16.3 Å². The Morgan fingerprint density at radius 2 is 1.89 bits per heavy atom. The second kappa shape index (κ2) is 7.76. The van der Waals surface area contributed by atoms with Crippen molar-refractivity contribution in [2.75, 3.05) is 13.2 Å². The lowest BCUT2D eigenvalue weighted by Crippen LogP contribution is -2.43. The molecule has 2 atom stereocenters. The molecule has 1 heterocycles. The zero-order valence-corrected chi connectivity index (χ0v) is 16.0. The molecule has 1 aliphatic rings. The summed E-state index contributed by atoms with van der Waals surface area (Å²) in [5.74, 6) is 0.0852. The van der Waals surface area contributed by atoms with Gasteiger partial charge in [-0.2, -0.15) is 0 Å². The minimum Gasteiger partial charge on any atom is -0.491 e. The molecule has 6 nitrogen and oxygen atoms in total. The Labute approximate surface area is 166 Å². The Morgan fingerprint density at radius 3 is 2.56 bits per heavy atom. The summed E-state index contributed by atoms with van der Waals surface area (Å²) in [4.78, 5) is 26.2. The number of imide groups is 1. The number of halogens is 2. The lowest BCUT2D eigenvalue weighted by Gasteiger charge is -2.24. The number of β-amino-alcohol motifs (C(OH)–C–C–N with tert-alkyl or cyclic N) is 1. The molecule has 3 rings (SSSR count). The normalized spacial score (nSPS) is 20.5. The van der Waals surface area contributed by atoms with Crippen LogP contribution in [0.25, 0.3) is 0 Å². The average molecular weight is 409 g/mol.